The van der Waals surface area contributed by atoms with E-state index in [0.29, 0.717) is 12.1 Å². The molecular formula is C22H22N4O3S. The second kappa shape index (κ2) is 7.70. The molecule has 0 radical (unpaired) electrons. The van der Waals surface area contributed by atoms with Crippen LogP contribution in [0.3, 0.4) is 0 Å². The number of anilines is 3. The zero-order valence-electron chi connectivity index (χ0n) is 16.7. The molecule has 2 amide bonds. The van der Waals surface area contributed by atoms with Crippen LogP contribution in [-0.2, 0) is 16.0 Å². The average Bonchev–Trinajstić information content (AvgIpc) is 3.37. The molecule has 1 aromatic heterocycles. The summed E-state index contributed by atoms with van der Waals surface area (Å²) in [5, 5.41) is 3.98. The first-order valence-electron chi connectivity index (χ1n) is 10.0. The molecule has 5 rings (SSSR count). The standard InChI is InChI=1S/C22H22N4O3S/c1-14(27)26-7-6-15-12-16(2-5-19(15)26)21(28)23-17-3-4-18-20(13-17)30-22(24-18)25-8-10-29-11-9-25/h2-5,12-13H,6-11H2,1H3,(H,23,28). The molecule has 0 saturated carbocycles. The molecule has 0 spiro atoms. The van der Waals surface area contributed by atoms with E-state index in [2.05, 4.69) is 10.2 Å². The number of carbonyl (C=O) groups excluding carboxylic acids is 2. The third-order valence-corrected chi connectivity index (χ3v) is 6.61. The Kier molecular flexibility index (Phi) is 4.88. The number of nitrogens with one attached hydrogen (secondary N) is 1. The zero-order valence-corrected chi connectivity index (χ0v) is 17.5. The number of aromatic nitrogens is 1. The topological polar surface area (TPSA) is 74.8 Å². The SMILES string of the molecule is CC(=O)N1CCc2cc(C(=O)Nc3ccc4nc(N5CCOCC5)sc4c3)ccc21. The minimum absolute atomic E-state index is 0.0280. The number of hydrogen-bond acceptors (Lipinski definition) is 6. The van der Waals surface area contributed by atoms with Crippen LogP contribution in [0.4, 0.5) is 16.5 Å². The van der Waals surface area contributed by atoms with Gasteiger partial charge in [0, 0.05) is 43.5 Å². The van der Waals surface area contributed by atoms with Crippen molar-refractivity contribution in [3.8, 4) is 0 Å². The summed E-state index contributed by atoms with van der Waals surface area (Å²) in [6, 6.07) is 11.3. The number of ether oxygens (including phenoxy) is 1. The molecule has 3 aromatic rings. The van der Waals surface area contributed by atoms with Gasteiger partial charge in [0.2, 0.25) is 5.91 Å². The summed E-state index contributed by atoms with van der Waals surface area (Å²) in [6.45, 7) is 5.38. The molecule has 1 saturated heterocycles. The summed E-state index contributed by atoms with van der Waals surface area (Å²) >= 11 is 1.63. The van der Waals surface area contributed by atoms with Gasteiger partial charge < -0.3 is 19.9 Å². The van der Waals surface area contributed by atoms with Crippen molar-refractivity contribution in [3.63, 3.8) is 0 Å². The van der Waals surface area contributed by atoms with Crippen molar-refractivity contribution in [2.75, 3.05) is 48.0 Å². The molecule has 0 aliphatic carbocycles. The molecule has 8 heteroatoms. The van der Waals surface area contributed by atoms with Gasteiger partial charge in [0.1, 0.15) is 0 Å². The highest BCUT2D eigenvalue weighted by molar-refractivity contribution is 7.22. The van der Waals surface area contributed by atoms with Crippen LogP contribution in [0.15, 0.2) is 36.4 Å². The summed E-state index contributed by atoms with van der Waals surface area (Å²) in [4.78, 5) is 33.2. The normalized spacial score (nSPS) is 16.0. The lowest BCUT2D eigenvalue weighted by atomic mass is 10.1. The molecule has 7 nitrogen and oxygen atoms in total. The first kappa shape index (κ1) is 19.0. The molecule has 30 heavy (non-hydrogen) atoms. The Bertz CT molecular complexity index is 1140. The molecule has 0 atom stereocenters. The predicted molar refractivity (Wildman–Crippen MR) is 119 cm³/mol. The van der Waals surface area contributed by atoms with Crippen LogP contribution in [0.1, 0.15) is 22.8 Å². The Morgan fingerprint density at radius 3 is 2.73 bits per heavy atom. The maximum absolute atomic E-state index is 12.8. The zero-order chi connectivity index (χ0) is 20.7. The number of carbonyl (C=O) groups is 2. The number of hydrogen-bond donors (Lipinski definition) is 1. The highest BCUT2D eigenvalue weighted by Gasteiger charge is 2.23. The van der Waals surface area contributed by atoms with E-state index in [0.717, 1.165) is 65.0 Å². The number of nitrogens with zero attached hydrogens (tertiary/aromatic N) is 3. The van der Waals surface area contributed by atoms with Gasteiger partial charge in [-0.25, -0.2) is 4.98 Å². The van der Waals surface area contributed by atoms with E-state index in [1.165, 1.54) is 0 Å². The Labute approximate surface area is 178 Å². The van der Waals surface area contributed by atoms with E-state index in [1.807, 2.05) is 30.3 Å². The van der Waals surface area contributed by atoms with E-state index >= 15 is 0 Å². The van der Waals surface area contributed by atoms with E-state index in [-0.39, 0.29) is 11.8 Å². The van der Waals surface area contributed by atoms with Crippen molar-refractivity contribution < 1.29 is 14.3 Å². The lowest BCUT2D eigenvalue weighted by Crippen LogP contribution is -2.36. The molecule has 1 N–H and O–H groups in total. The molecule has 1 fully saturated rings. The van der Waals surface area contributed by atoms with Crippen molar-refractivity contribution in [2.24, 2.45) is 0 Å². The number of benzene rings is 2. The Balaban J connectivity index is 1.34. The van der Waals surface area contributed by atoms with Crippen molar-refractivity contribution in [2.45, 2.75) is 13.3 Å². The Hall–Kier alpha value is -2.97. The minimum atomic E-state index is -0.156. The van der Waals surface area contributed by atoms with Crippen LogP contribution in [0.2, 0.25) is 0 Å². The summed E-state index contributed by atoms with van der Waals surface area (Å²) in [5.41, 5.74) is 4.21. The highest BCUT2D eigenvalue weighted by atomic mass is 32.1. The fourth-order valence-corrected chi connectivity index (χ4v) is 5.01. The predicted octanol–water partition coefficient (Wildman–Crippen LogP) is 3.29. The first-order valence-corrected chi connectivity index (χ1v) is 10.9. The number of morpholine rings is 1. The molecule has 0 bridgehead atoms. The highest BCUT2D eigenvalue weighted by Crippen LogP contribution is 2.32. The smallest absolute Gasteiger partial charge is 0.255 e. The summed E-state index contributed by atoms with van der Waals surface area (Å²) in [7, 11) is 0. The largest absolute Gasteiger partial charge is 0.378 e. The second-order valence-electron chi connectivity index (χ2n) is 7.50. The maximum atomic E-state index is 12.8. The van der Waals surface area contributed by atoms with Gasteiger partial charge in [-0.2, -0.15) is 0 Å². The van der Waals surface area contributed by atoms with Crippen LogP contribution in [-0.4, -0.2) is 49.6 Å². The van der Waals surface area contributed by atoms with Crippen molar-refractivity contribution in [1.82, 2.24) is 4.98 Å². The fourth-order valence-electron chi connectivity index (χ4n) is 3.95. The van der Waals surface area contributed by atoms with Gasteiger partial charge in [0.05, 0.1) is 23.4 Å². The lowest BCUT2D eigenvalue weighted by molar-refractivity contribution is -0.116. The van der Waals surface area contributed by atoms with E-state index in [1.54, 1.807) is 29.2 Å². The summed E-state index contributed by atoms with van der Waals surface area (Å²) in [5.74, 6) is -0.128. The van der Waals surface area contributed by atoms with Crippen molar-refractivity contribution in [1.29, 1.82) is 0 Å². The summed E-state index contributed by atoms with van der Waals surface area (Å²) in [6.07, 6.45) is 0.771. The molecular weight excluding hydrogens is 400 g/mol. The van der Waals surface area contributed by atoms with Crippen LogP contribution >= 0.6 is 11.3 Å². The van der Waals surface area contributed by atoms with Gasteiger partial charge in [0.15, 0.2) is 5.13 Å². The second-order valence-corrected chi connectivity index (χ2v) is 8.51. The molecule has 2 aliphatic rings. The maximum Gasteiger partial charge on any atom is 0.255 e. The van der Waals surface area contributed by atoms with Gasteiger partial charge in [-0.15, -0.1) is 0 Å². The average molecular weight is 423 g/mol. The van der Waals surface area contributed by atoms with E-state index in [4.69, 9.17) is 9.72 Å². The molecule has 2 aromatic carbocycles. The van der Waals surface area contributed by atoms with Crippen LogP contribution in [0.5, 0.6) is 0 Å². The van der Waals surface area contributed by atoms with Crippen molar-refractivity contribution in [3.05, 3.63) is 47.5 Å². The lowest BCUT2D eigenvalue weighted by Gasteiger charge is -2.25. The summed E-state index contributed by atoms with van der Waals surface area (Å²) < 4.78 is 6.46. The molecule has 154 valence electrons. The number of rotatable bonds is 3. The number of fused-ring (bicyclic) bond motifs is 2. The Morgan fingerprint density at radius 2 is 1.93 bits per heavy atom. The van der Waals surface area contributed by atoms with Crippen molar-refractivity contribution >= 4 is 49.9 Å². The fraction of sp³-hybridized carbons (Fsp3) is 0.318. The number of thiazole rings is 1. The quantitative estimate of drug-likeness (QED) is 0.701. The first-order chi connectivity index (χ1) is 14.6. The third-order valence-electron chi connectivity index (χ3n) is 5.53. The van der Waals surface area contributed by atoms with Gasteiger partial charge in [-0.3, -0.25) is 9.59 Å². The van der Waals surface area contributed by atoms with Gasteiger partial charge in [0.25, 0.3) is 5.91 Å². The minimum Gasteiger partial charge on any atom is -0.378 e. The number of amides is 2. The van der Waals surface area contributed by atoms with Crippen LogP contribution < -0.4 is 15.1 Å². The monoisotopic (exact) mass is 422 g/mol. The molecule has 2 aliphatic heterocycles. The van der Waals surface area contributed by atoms with Gasteiger partial charge >= 0.3 is 0 Å². The van der Waals surface area contributed by atoms with E-state index in [9.17, 15) is 9.59 Å². The van der Waals surface area contributed by atoms with E-state index < -0.39 is 0 Å². The molecule has 0 unspecified atom stereocenters. The van der Waals surface area contributed by atoms with Crippen LogP contribution in [0.25, 0.3) is 10.2 Å². The van der Waals surface area contributed by atoms with Gasteiger partial charge in [-0.1, -0.05) is 11.3 Å². The third kappa shape index (κ3) is 3.53. The van der Waals surface area contributed by atoms with Gasteiger partial charge in [-0.05, 0) is 48.4 Å². The Morgan fingerprint density at radius 1 is 1.10 bits per heavy atom. The molecule has 3 heterocycles. The van der Waals surface area contributed by atoms with Crippen LogP contribution in [0, 0.1) is 0 Å².